The zero-order chi connectivity index (χ0) is 17.7. The number of hydrogen-bond donors (Lipinski definition) is 4. The van der Waals surface area contributed by atoms with E-state index >= 15 is 0 Å². The van der Waals surface area contributed by atoms with E-state index in [4.69, 9.17) is 0 Å². The molecule has 1 aromatic carbocycles. The third kappa shape index (κ3) is 4.25. The van der Waals surface area contributed by atoms with Crippen LogP contribution in [0.2, 0.25) is 0 Å². The van der Waals surface area contributed by atoms with Gasteiger partial charge in [0.1, 0.15) is 5.82 Å². The number of aliphatic hydroxyl groups excluding tert-OH is 1. The number of nitrogens with one attached hydrogen (secondary N) is 3. The average molecular weight is 340 g/mol. The number of rotatable bonds is 7. The molecule has 4 N–H and O–H groups in total. The highest BCUT2D eigenvalue weighted by molar-refractivity contribution is 5.82. The molecule has 2 rings (SSSR count). The summed E-state index contributed by atoms with van der Waals surface area (Å²) in [6.45, 7) is 1.74. The Bertz CT molecular complexity index is 601. The smallest absolute Gasteiger partial charge is 0.254 e. The number of nitrogens with zero attached hydrogens (tertiary/aromatic N) is 1. The highest BCUT2D eigenvalue weighted by atomic mass is 19.1. The lowest BCUT2D eigenvalue weighted by atomic mass is 9.99. The Hall–Kier alpha value is -2.10. The standard InChI is InChI=1S/C15H21FN4O4/c1-2-4-11-14(20(23)24)13(19-18-11)15(22)17-8-12(21)9-5-3-6-10(16)7-9/h3,5-7,11-14,18-19,21H,2,4,8H2,1H3,(H,17,22). The van der Waals surface area contributed by atoms with Gasteiger partial charge < -0.3 is 10.4 Å². The third-order valence-electron chi connectivity index (χ3n) is 4.01. The van der Waals surface area contributed by atoms with E-state index in [0.717, 1.165) is 6.42 Å². The Morgan fingerprint density at radius 1 is 1.50 bits per heavy atom. The number of hydrazine groups is 1. The number of hydrogen-bond acceptors (Lipinski definition) is 6. The van der Waals surface area contributed by atoms with Crippen LogP contribution in [-0.2, 0) is 4.79 Å². The fraction of sp³-hybridized carbons (Fsp3) is 0.533. The minimum Gasteiger partial charge on any atom is -0.387 e. The fourth-order valence-electron chi connectivity index (χ4n) is 2.78. The van der Waals surface area contributed by atoms with E-state index < -0.39 is 40.9 Å². The monoisotopic (exact) mass is 340 g/mol. The van der Waals surface area contributed by atoms with Crippen molar-refractivity contribution in [3.63, 3.8) is 0 Å². The van der Waals surface area contributed by atoms with E-state index in [2.05, 4.69) is 16.2 Å². The molecular formula is C15H21FN4O4. The van der Waals surface area contributed by atoms with E-state index in [1.807, 2.05) is 6.92 Å². The van der Waals surface area contributed by atoms with Crippen molar-refractivity contribution in [2.75, 3.05) is 6.54 Å². The van der Waals surface area contributed by atoms with Crippen LogP contribution in [0.25, 0.3) is 0 Å². The van der Waals surface area contributed by atoms with Crippen LogP contribution in [0.1, 0.15) is 31.4 Å². The van der Waals surface area contributed by atoms with Crippen molar-refractivity contribution in [2.24, 2.45) is 0 Å². The summed E-state index contributed by atoms with van der Waals surface area (Å²) in [5.41, 5.74) is 5.75. The van der Waals surface area contributed by atoms with E-state index in [0.29, 0.717) is 12.0 Å². The molecule has 0 aliphatic carbocycles. The zero-order valence-electron chi connectivity index (χ0n) is 13.2. The quantitative estimate of drug-likeness (QED) is 0.418. The number of nitro groups is 1. The van der Waals surface area contributed by atoms with Crippen molar-refractivity contribution < 1.29 is 19.2 Å². The Morgan fingerprint density at radius 3 is 2.88 bits per heavy atom. The normalized spacial score (nSPS) is 24.5. The first-order chi connectivity index (χ1) is 11.4. The summed E-state index contributed by atoms with van der Waals surface area (Å²) in [4.78, 5) is 23.0. The van der Waals surface area contributed by atoms with Gasteiger partial charge in [-0.15, -0.1) is 0 Å². The van der Waals surface area contributed by atoms with Gasteiger partial charge in [0, 0.05) is 11.5 Å². The number of aliphatic hydroxyl groups is 1. The van der Waals surface area contributed by atoms with Gasteiger partial charge in [0.05, 0.1) is 12.1 Å². The lowest BCUT2D eigenvalue weighted by molar-refractivity contribution is -0.523. The predicted octanol–water partition coefficient (Wildman–Crippen LogP) is 0.266. The van der Waals surface area contributed by atoms with Crippen LogP contribution >= 0.6 is 0 Å². The van der Waals surface area contributed by atoms with Crippen molar-refractivity contribution >= 4 is 5.91 Å². The average Bonchev–Trinajstić information content (AvgIpc) is 2.96. The molecule has 0 saturated carbocycles. The van der Waals surface area contributed by atoms with Gasteiger partial charge in [-0.2, -0.15) is 0 Å². The summed E-state index contributed by atoms with van der Waals surface area (Å²) >= 11 is 0. The van der Waals surface area contributed by atoms with Crippen LogP contribution in [0.4, 0.5) is 4.39 Å². The maximum atomic E-state index is 13.1. The first-order valence-corrected chi connectivity index (χ1v) is 7.79. The second-order valence-corrected chi connectivity index (χ2v) is 5.75. The first-order valence-electron chi connectivity index (χ1n) is 7.79. The van der Waals surface area contributed by atoms with Gasteiger partial charge in [-0.25, -0.2) is 15.2 Å². The van der Waals surface area contributed by atoms with Gasteiger partial charge in [0.2, 0.25) is 5.91 Å². The number of carbonyl (C=O) groups is 1. The summed E-state index contributed by atoms with van der Waals surface area (Å²) < 4.78 is 13.1. The van der Waals surface area contributed by atoms with Gasteiger partial charge in [0.15, 0.2) is 6.04 Å². The Balaban J connectivity index is 1.95. The SMILES string of the molecule is CCCC1NNC(C(=O)NCC(O)c2cccc(F)c2)C1[N+](=O)[O-]. The van der Waals surface area contributed by atoms with Gasteiger partial charge in [-0.3, -0.25) is 14.9 Å². The molecule has 24 heavy (non-hydrogen) atoms. The molecule has 0 aromatic heterocycles. The van der Waals surface area contributed by atoms with Crippen LogP contribution < -0.4 is 16.2 Å². The van der Waals surface area contributed by atoms with Crippen molar-refractivity contribution in [1.82, 2.24) is 16.2 Å². The van der Waals surface area contributed by atoms with Crippen molar-refractivity contribution in [2.45, 2.75) is 44.0 Å². The Kier molecular flexibility index (Phi) is 6.18. The van der Waals surface area contributed by atoms with Crippen LogP contribution in [0.3, 0.4) is 0 Å². The van der Waals surface area contributed by atoms with Gasteiger partial charge in [-0.1, -0.05) is 25.5 Å². The molecule has 132 valence electrons. The maximum Gasteiger partial charge on any atom is 0.254 e. The molecule has 0 radical (unpaired) electrons. The molecule has 1 heterocycles. The number of benzene rings is 1. The van der Waals surface area contributed by atoms with Crippen molar-refractivity contribution in [3.05, 3.63) is 45.8 Å². The Labute approximate surface area is 138 Å². The molecule has 9 heteroatoms. The van der Waals surface area contributed by atoms with Gasteiger partial charge in [-0.05, 0) is 24.1 Å². The molecule has 1 amide bonds. The summed E-state index contributed by atoms with van der Waals surface area (Å²) in [6.07, 6.45) is 0.212. The highest BCUT2D eigenvalue weighted by Crippen LogP contribution is 2.16. The molecular weight excluding hydrogens is 319 g/mol. The second-order valence-electron chi connectivity index (χ2n) is 5.75. The highest BCUT2D eigenvalue weighted by Gasteiger charge is 2.48. The molecule has 8 nitrogen and oxygen atoms in total. The van der Waals surface area contributed by atoms with E-state index in [1.165, 1.54) is 24.3 Å². The van der Waals surface area contributed by atoms with Gasteiger partial charge in [0.25, 0.3) is 6.04 Å². The van der Waals surface area contributed by atoms with Crippen molar-refractivity contribution in [1.29, 1.82) is 0 Å². The second kappa shape index (κ2) is 8.13. The van der Waals surface area contributed by atoms with Crippen LogP contribution in [0, 0.1) is 15.9 Å². The number of carbonyl (C=O) groups excluding carboxylic acids is 1. The van der Waals surface area contributed by atoms with Crippen LogP contribution in [0.15, 0.2) is 24.3 Å². The lowest BCUT2D eigenvalue weighted by Gasteiger charge is -2.17. The van der Waals surface area contributed by atoms with E-state index in [-0.39, 0.29) is 6.54 Å². The van der Waals surface area contributed by atoms with Crippen LogP contribution in [-0.4, -0.2) is 40.6 Å². The van der Waals surface area contributed by atoms with Gasteiger partial charge >= 0.3 is 0 Å². The largest absolute Gasteiger partial charge is 0.387 e. The van der Waals surface area contributed by atoms with E-state index in [9.17, 15) is 24.4 Å². The number of halogens is 1. The molecule has 1 aromatic rings. The molecule has 4 unspecified atom stereocenters. The molecule has 1 aliphatic rings. The summed E-state index contributed by atoms with van der Waals surface area (Å²) in [7, 11) is 0. The zero-order valence-corrected chi connectivity index (χ0v) is 13.2. The maximum absolute atomic E-state index is 13.1. The topological polar surface area (TPSA) is 117 Å². The predicted molar refractivity (Wildman–Crippen MR) is 83.9 cm³/mol. The fourth-order valence-corrected chi connectivity index (χ4v) is 2.78. The van der Waals surface area contributed by atoms with E-state index in [1.54, 1.807) is 0 Å². The minimum atomic E-state index is -1.10. The third-order valence-corrected chi connectivity index (χ3v) is 4.01. The molecule has 4 atom stereocenters. The molecule has 0 bridgehead atoms. The summed E-state index contributed by atoms with van der Waals surface area (Å²) in [6, 6.07) is 2.85. The number of amides is 1. The first kappa shape index (κ1) is 18.2. The van der Waals surface area contributed by atoms with Crippen LogP contribution in [0.5, 0.6) is 0 Å². The summed E-state index contributed by atoms with van der Waals surface area (Å²) in [5, 5.41) is 23.7. The minimum absolute atomic E-state index is 0.163. The summed E-state index contributed by atoms with van der Waals surface area (Å²) in [5.74, 6) is -1.08. The molecule has 1 aliphatic heterocycles. The molecule has 1 fully saturated rings. The molecule has 0 spiro atoms. The van der Waals surface area contributed by atoms with Crippen molar-refractivity contribution in [3.8, 4) is 0 Å². The lowest BCUT2D eigenvalue weighted by Crippen LogP contribution is -2.50. The molecule has 1 saturated heterocycles. The Morgan fingerprint density at radius 2 is 2.25 bits per heavy atom.